The van der Waals surface area contributed by atoms with E-state index in [1.165, 1.54) is 0 Å². The lowest BCUT2D eigenvalue weighted by atomic mass is 9.96. The Labute approximate surface area is 166 Å². The molecule has 0 atom stereocenters. The normalized spacial score (nSPS) is 10.5. The average Bonchev–Trinajstić information content (AvgIpc) is 2.69. The van der Waals surface area contributed by atoms with E-state index in [1.54, 1.807) is 28.4 Å². The highest BCUT2D eigenvalue weighted by molar-refractivity contribution is 5.67. The molecule has 28 heavy (non-hydrogen) atoms. The zero-order chi connectivity index (χ0) is 20.7. The molecule has 152 valence electrons. The van der Waals surface area contributed by atoms with Crippen molar-refractivity contribution in [2.45, 2.75) is 32.6 Å². The quantitative estimate of drug-likeness (QED) is 0.662. The van der Waals surface area contributed by atoms with E-state index in [2.05, 4.69) is 12.1 Å². The standard InChI is InChI=1S/C22H28O6/c1-14-17(20(26-3)22(28-5)21(27-4)19(14)25-2)13-16-11-9-15(10-12-16)7-6-8-18(23)24/h9-12H,6-8,13H2,1-5H3,(H,23,24). The van der Waals surface area contributed by atoms with Gasteiger partial charge >= 0.3 is 5.97 Å². The van der Waals surface area contributed by atoms with Crippen LogP contribution in [0.3, 0.4) is 0 Å². The summed E-state index contributed by atoms with van der Waals surface area (Å²) in [6, 6.07) is 8.18. The largest absolute Gasteiger partial charge is 0.492 e. The molecule has 2 aromatic rings. The van der Waals surface area contributed by atoms with Crippen LogP contribution in [-0.2, 0) is 17.6 Å². The Bertz CT molecular complexity index is 811. The van der Waals surface area contributed by atoms with Crippen molar-refractivity contribution in [1.29, 1.82) is 0 Å². The second-order valence-electron chi connectivity index (χ2n) is 6.48. The maximum absolute atomic E-state index is 10.6. The molecule has 0 spiro atoms. The molecule has 0 saturated carbocycles. The van der Waals surface area contributed by atoms with Gasteiger partial charge in [-0.05, 0) is 30.9 Å². The fourth-order valence-electron chi connectivity index (χ4n) is 3.34. The number of benzene rings is 2. The van der Waals surface area contributed by atoms with Crippen LogP contribution in [0.1, 0.15) is 35.1 Å². The van der Waals surface area contributed by atoms with Crippen molar-refractivity contribution in [2.24, 2.45) is 0 Å². The number of carbonyl (C=O) groups is 1. The number of hydrogen-bond acceptors (Lipinski definition) is 5. The second-order valence-corrected chi connectivity index (χ2v) is 6.48. The summed E-state index contributed by atoms with van der Waals surface area (Å²) >= 11 is 0. The van der Waals surface area contributed by atoms with Crippen LogP contribution in [0.4, 0.5) is 0 Å². The van der Waals surface area contributed by atoms with Gasteiger partial charge in [-0.2, -0.15) is 0 Å². The van der Waals surface area contributed by atoms with E-state index in [0.29, 0.717) is 35.8 Å². The zero-order valence-corrected chi connectivity index (χ0v) is 17.1. The van der Waals surface area contributed by atoms with Gasteiger partial charge in [0.1, 0.15) is 0 Å². The highest BCUT2D eigenvalue weighted by Crippen LogP contribution is 2.49. The van der Waals surface area contributed by atoms with Crippen molar-refractivity contribution >= 4 is 5.97 Å². The van der Waals surface area contributed by atoms with Gasteiger partial charge in [0.2, 0.25) is 11.5 Å². The fourth-order valence-corrected chi connectivity index (χ4v) is 3.34. The maximum atomic E-state index is 10.6. The molecule has 6 nitrogen and oxygen atoms in total. The molecule has 6 heteroatoms. The van der Waals surface area contributed by atoms with E-state index < -0.39 is 5.97 Å². The van der Waals surface area contributed by atoms with Crippen molar-refractivity contribution in [3.8, 4) is 23.0 Å². The van der Waals surface area contributed by atoms with Gasteiger partial charge in [0.15, 0.2) is 11.5 Å². The van der Waals surface area contributed by atoms with Gasteiger partial charge in [0.05, 0.1) is 28.4 Å². The first-order valence-corrected chi connectivity index (χ1v) is 9.11. The SMILES string of the molecule is COc1c(C)c(Cc2ccc(CCCC(=O)O)cc2)c(OC)c(OC)c1OC. The van der Waals surface area contributed by atoms with Crippen LogP contribution in [0.5, 0.6) is 23.0 Å². The predicted octanol–water partition coefficient (Wildman–Crippen LogP) is 4.03. The van der Waals surface area contributed by atoms with Crippen LogP contribution in [0.2, 0.25) is 0 Å². The lowest BCUT2D eigenvalue weighted by Crippen LogP contribution is -2.05. The third kappa shape index (κ3) is 4.68. The van der Waals surface area contributed by atoms with E-state index in [4.69, 9.17) is 24.1 Å². The Morgan fingerprint density at radius 3 is 1.82 bits per heavy atom. The Morgan fingerprint density at radius 1 is 0.821 bits per heavy atom. The number of aliphatic carboxylic acids is 1. The highest BCUT2D eigenvalue weighted by atomic mass is 16.5. The third-order valence-corrected chi connectivity index (χ3v) is 4.76. The first-order valence-electron chi connectivity index (χ1n) is 9.11. The van der Waals surface area contributed by atoms with Gasteiger partial charge in [-0.25, -0.2) is 0 Å². The summed E-state index contributed by atoms with van der Waals surface area (Å²) in [5.41, 5.74) is 4.13. The molecule has 1 N–H and O–H groups in total. The van der Waals surface area contributed by atoms with Gasteiger partial charge in [0, 0.05) is 24.0 Å². The summed E-state index contributed by atoms with van der Waals surface area (Å²) in [4.78, 5) is 10.6. The summed E-state index contributed by atoms with van der Waals surface area (Å²) in [5.74, 6) is 1.51. The van der Waals surface area contributed by atoms with Crippen LogP contribution >= 0.6 is 0 Å². The summed E-state index contributed by atoms with van der Waals surface area (Å²) in [5, 5.41) is 8.76. The Morgan fingerprint density at radius 2 is 1.32 bits per heavy atom. The molecule has 0 heterocycles. The molecule has 0 aliphatic heterocycles. The zero-order valence-electron chi connectivity index (χ0n) is 17.1. The number of aryl methyl sites for hydroxylation is 1. The predicted molar refractivity (Wildman–Crippen MR) is 107 cm³/mol. The lowest BCUT2D eigenvalue weighted by Gasteiger charge is -2.21. The van der Waals surface area contributed by atoms with E-state index in [-0.39, 0.29) is 6.42 Å². The Kier molecular flexibility index (Phi) is 7.55. The lowest BCUT2D eigenvalue weighted by molar-refractivity contribution is -0.137. The topological polar surface area (TPSA) is 74.2 Å². The molecule has 0 aliphatic rings. The van der Waals surface area contributed by atoms with Gasteiger partial charge in [0.25, 0.3) is 0 Å². The molecule has 0 bridgehead atoms. The molecule has 0 aromatic heterocycles. The second kappa shape index (κ2) is 9.88. The number of hydrogen-bond donors (Lipinski definition) is 1. The van der Waals surface area contributed by atoms with E-state index in [9.17, 15) is 4.79 Å². The Hall–Kier alpha value is -2.89. The monoisotopic (exact) mass is 388 g/mol. The molecule has 2 aromatic carbocycles. The molecule has 0 saturated heterocycles. The maximum Gasteiger partial charge on any atom is 0.303 e. The van der Waals surface area contributed by atoms with E-state index >= 15 is 0 Å². The van der Waals surface area contributed by atoms with Crippen molar-refractivity contribution in [3.63, 3.8) is 0 Å². The van der Waals surface area contributed by atoms with Gasteiger partial charge < -0.3 is 24.1 Å². The molecule has 0 unspecified atom stereocenters. The highest BCUT2D eigenvalue weighted by Gasteiger charge is 2.25. The van der Waals surface area contributed by atoms with Crippen LogP contribution in [0.25, 0.3) is 0 Å². The third-order valence-electron chi connectivity index (χ3n) is 4.76. The van der Waals surface area contributed by atoms with Crippen molar-refractivity contribution < 1.29 is 28.8 Å². The first-order chi connectivity index (χ1) is 13.5. The van der Waals surface area contributed by atoms with Crippen LogP contribution in [-0.4, -0.2) is 39.5 Å². The molecule has 2 rings (SSSR count). The smallest absolute Gasteiger partial charge is 0.303 e. The molecule has 0 amide bonds. The molecule has 0 aliphatic carbocycles. The van der Waals surface area contributed by atoms with Crippen molar-refractivity contribution in [1.82, 2.24) is 0 Å². The molecule has 0 fully saturated rings. The minimum absolute atomic E-state index is 0.184. The van der Waals surface area contributed by atoms with Crippen molar-refractivity contribution in [3.05, 3.63) is 46.5 Å². The molecule has 0 radical (unpaired) electrons. The van der Waals surface area contributed by atoms with Crippen molar-refractivity contribution in [2.75, 3.05) is 28.4 Å². The number of methoxy groups -OCH3 is 4. The minimum atomic E-state index is -0.762. The van der Waals surface area contributed by atoms with E-state index in [0.717, 1.165) is 28.7 Å². The minimum Gasteiger partial charge on any atom is -0.492 e. The summed E-state index contributed by atoms with van der Waals surface area (Å²) in [6.07, 6.45) is 2.21. The van der Waals surface area contributed by atoms with Crippen LogP contribution in [0, 0.1) is 6.92 Å². The first kappa shape index (κ1) is 21.4. The number of rotatable bonds is 10. The molecular weight excluding hydrogens is 360 g/mol. The Balaban J connectivity index is 2.33. The summed E-state index contributed by atoms with van der Waals surface area (Å²) in [6.45, 7) is 1.97. The van der Waals surface area contributed by atoms with Gasteiger partial charge in [-0.15, -0.1) is 0 Å². The summed E-state index contributed by atoms with van der Waals surface area (Å²) < 4.78 is 22.2. The van der Waals surface area contributed by atoms with Crippen LogP contribution < -0.4 is 18.9 Å². The number of carboxylic acid groups (broad SMARTS) is 1. The van der Waals surface area contributed by atoms with E-state index in [1.807, 2.05) is 19.1 Å². The fraction of sp³-hybridized carbons (Fsp3) is 0.409. The summed E-state index contributed by atoms with van der Waals surface area (Å²) in [7, 11) is 6.36. The van der Waals surface area contributed by atoms with Gasteiger partial charge in [-0.1, -0.05) is 24.3 Å². The number of ether oxygens (including phenoxy) is 4. The average molecular weight is 388 g/mol. The van der Waals surface area contributed by atoms with Gasteiger partial charge in [-0.3, -0.25) is 4.79 Å². The van der Waals surface area contributed by atoms with Crippen LogP contribution in [0.15, 0.2) is 24.3 Å². The number of carboxylic acids is 1. The molecular formula is C22H28O6.